The van der Waals surface area contributed by atoms with Crippen LogP contribution < -0.4 is 0 Å². The number of rotatable bonds is 3. The molecule has 3 nitrogen and oxygen atoms in total. The second-order valence-corrected chi connectivity index (χ2v) is 6.08. The average Bonchev–Trinajstić information content (AvgIpc) is 2.96. The molecule has 0 spiro atoms. The van der Waals surface area contributed by atoms with Crippen LogP contribution in [0, 0.1) is 0 Å². The van der Waals surface area contributed by atoms with Gasteiger partial charge >= 0.3 is 0 Å². The molecule has 0 saturated carbocycles. The number of aromatic nitrogens is 2. The molecule has 3 heterocycles. The molecule has 3 aromatic heterocycles. The van der Waals surface area contributed by atoms with Crippen molar-refractivity contribution < 1.29 is 0 Å². The Labute approximate surface area is 121 Å². The molecule has 98 valence electrons. The molecule has 0 saturated heterocycles. The first-order valence-electron chi connectivity index (χ1n) is 6.00. The predicted molar refractivity (Wildman–Crippen MR) is 80.9 cm³/mol. The summed E-state index contributed by atoms with van der Waals surface area (Å²) in [4.78, 5) is 8.07. The zero-order valence-electron chi connectivity index (χ0n) is 10.8. The van der Waals surface area contributed by atoms with E-state index in [1.807, 2.05) is 18.3 Å². The molecule has 0 aliphatic heterocycles. The first-order valence-corrected chi connectivity index (χ1v) is 7.26. The first kappa shape index (κ1) is 12.7. The van der Waals surface area contributed by atoms with Gasteiger partial charge in [0.05, 0.1) is 10.6 Å². The number of pyridine rings is 1. The van der Waals surface area contributed by atoms with Crippen molar-refractivity contribution in [1.82, 2.24) is 14.3 Å². The smallest absolute Gasteiger partial charge is 0.139 e. The van der Waals surface area contributed by atoms with E-state index in [0.29, 0.717) is 5.02 Å². The second kappa shape index (κ2) is 4.96. The molecule has 3 rings (SSSR count). The Morgan fingerprint density at radius 2 is 2.21 bits per heavy atom. The van der Waals surface area contributed by atoms with E-state index in [1.54, 1.807) is 11.3 Å². The van der Waals surface area contributed by atoms with Gasteiger partial charge in [0.25, 0.3) is 0 Å². The fourth-order valence-corrected chi connectivity index (χ4v) is 3.02. The standard InChI is InChI=1S/C14H14ClN3S/c1-17(2)9-11-14(12-4-3-7-19-12)16-13-8-10(15)5-6-18(11)13/h3-8H,9H2,1-2H3. The van der Waals surface area contributed by atoms with Gasteiger partial charge in [-0.05, 0) is 31.6 Å². The number of hydrogen-bond acceptors (Lipinski definition) is 3. The van der Waals surface area contributed by atoms with E-state index >= 15 is 0 Å². The Bertz CT molecular complexity index is 701. The lowest BCUT2D eigenvalue weighted by molar-refractivity contribution is 0.396. The molecule has 0 aliphatic rings. The number of fused-ring (bicyclic) bond motifs is 1. The van der Waals surface area contributed by atoms with Crippen molar-refractivity contribution in [2.45, 2.75) is 6.54 Å². The normalized spacial score (nSPS) is 11.6. The summed E-state index contributed by atoms with van der Waals surface area (Å²) in [5.41, 5.74) is 3.14. The van der Waals surface area contributed by atoms with Gasteiger partial charge in [-0.25, -0.2) is 4.98 Å². The quantitative estimate of drug-likeness (QED) is 0.732. The Balaban J connectivity index is 2.24. The van der Waals surface area contributed by atoms with Crippen molar-refractivity contribution in [1.29, 1.82) is 0 Å². The van der Waals surface area contributed by atoms with Gasteiger partial charge in [-0.1, -0.05) is 17.7 Å². The van der Waals surface area contributed by atoms with Crippen molar-refractivity contribution in [2.24, 2.45) is 0 Å². The highest BCUT2D eigenvalue weighted by Gasteiger charge is 2.15. The minimum Gasteiger partial charge on any atom is -0.304 e. The van der Waals surface area contributed by atoms with Gasteiger partial charge in [-0.3, -0.25) is 0 Å². The Morgan fingerprint density at radius 1 is 1.37 bits per heavy atom. The lowest BCUT2D eigenvalue weighted by Gasteiger charge is -2.10. The van der Waals surface area contributed by atoms with Gasteiger partial charge in [0, 0.05) is 23.8 Å². The topological polar surface area (TPSA) is 20.5 Å². The third-order valence-corrected chi connectivity index (χ3v) is 4.02. The highest BCUT2D eigenvalue weighted by atomic mass is 35.5. The van der Waals surface area contributed by atoms with Gasteiger partial charge in [-0.2, -0.15) is 0 Å². The fraction of sp³-hybridized carbons (Fsp3) is 0.214. The third-order valence-electron chi connectivity index (χ3n) is 2.91. The summed E-state index contributed by atoms with van der Waals surface area (Å²) >= 11 is 7.76. The summed E-state index contributed by atoms with van der Waals surface area (Å²) in [7, 11) is 4.13. The van der Waals surface area contributed by atoms with E-state index in [0.717, 1.165) is 17.9 Å². The highest BCUT2D eigenvalue weighted by Crippen LogP contribution is 2.29. The molecule has 0 amide bonds. The Morgan fingerprint density at radius 3 is 2.89 bits per heavy atom. The molecule has 0 atom stereocenters. The van der Waals surface area contributed by atoms with E-state index in [2.05, 4.69) is 40.9 Å². The SMILES string of the molecule is CN(C)Cc1c(-c2cccs2)nc2cc(Cl)ccn12. The molecule has 0 radical (unpaired) electrons. The van der Waals surface area contributed by atoms with Crippen LogP contribution in [-0.2, 0) is 6.54 Å². The molecular formula is C14H14ClN3S. The van der Waals surface area contributed by atoms with Crippen molar-refractivity contribution in [2.75, 3.05) is 14.1 Å². The van der Waals surface area contributed by atoms with E-state index in [1.165, 1.54) is 10.6 Å². The summed E-state index contributed by atoms with van der Waals surface area (Å²) in [6, 6.07) is 7.95. The average molecular weight is 292 g/mol. The maximum Gasteiger partial charge on any atom is 0.139 e. The van der Waals surface area contributed by atoms with Crippen LogP contribution in [0.1, 0.15) is 5.69 Å². The van der Waals surface area contributed by atoms with Crippen molar-refractivity contribution in [3.63, 3.8) is 0 Å². The highest BCUT2D eigenvalue weighted by molar-refractivity contribution is 7.13. The third kappa shape index (κ3) is 2.39. The van der Waals surface area contributed by atoms with Crippen LogP contribution >= 0.6 is 22.9 Å². The predicted octanol–water partition coefficient (Wildman–Crippen LogP) is 3.78. The maximum absolute atomic E-state index is 6.05. The number of halogens is 1. The summed E-state index contributed by atoms with van der Waals surface area (Å²) in [6.07, 6.45) is 1.99. The molecule has 0 fully saturated rings. The number of thiophene rings is 1. The number of hydrogen-bond donors (Lipinski definition) is 0. The molecule has 5 heteroatoms. The fourth-order valence-electron chi connectivity index (χ4n) is 2.13. The molecular weight excluding hydrogens is 278 g/mol. The molecule has 0 aromatic carbocycles. The summed E-state index contributed by atoms with van der Waals surface area (Å²) < 4.78 is 2.11. The molecule has 19 heavy (non-hydrogen) atoms. The van der Waals surface area contributed by atoms with Crippen molar-refractivity contribution in [3.8, 4) is 10.6 Å². The van der Waals surface area contributed by atoms with Crippen LogP contribution in [0.4, 0.5) is 0 Å². The second-order valence-electron chi connectivity index (χ2n) is 4.70. The molecule has 0 N–H and O–H groups in total. The summed E-state index contributed by atoms with van der Waals surface area (Å²) in [5.74, 6) is 0. The molecule has 0 unspecified atom stereocenters. The van der Waals surface area contributed by atoms with Crippen molar-refractivity contribution in [3.05, 3.63) is 46.6 Å². The summed E-state index contributed by atoms with van der Waals surface area (Å²) in [5, 5.41) is 2.79. The van der Waals surface area contributed by atoms with E-state index < -0.39 is 0 Å². The van der Waals surface area contributed by atoms with Crippen LogP contribution in [0.5, 0.6) is 0 Å². The largest absolute Gasteiger partial charge is 0.304 e. The molecule has 0 aliphatic carbocycles. The minimum absolute atomic E-state index is 0.714. The van der Waals surface area contributed by atoms with Gasteiger partial charge < -0.3 is 9.30 Å². The van der Waals surface area contributed by atoms with E-state index in [4.69, 9.17) is 16.6 Å². The van der Waals surface area contributed by atoms with Gasteiger partial charge in [0.2, 0.25) is 0 Å². The van der Waals surface area contributed by atoms with Crippen LogP contribution in [-0.4, -0.2) is 28.4 Å². The molecule has 3 aromatic rings. The van der Waals surface area contributed by atoms with Gasteiger partial charge in [-0.15, -0.1) is 11.3 Å². The zero-order chi connectivity index (χ0) is 13.4. The minimum atomic E-state index is 0.714. The summed E-state index contributed by atoms with van der Waals surface area (Å²) in [6.45, 7) is 0.843. The van der Waals surface area contributed by atoms with Crippen LogP contribution in [0.15, 0.2) is 35.8 Å². The van der Waals surface area contributed by atoms with Crippen molar-refractivity contribution >= 4 is 28.6 Å². The van der Waals surface area contributed by atoms with Crippen LogP contribution in [0.25, 0.3) is 16.2 Å². The Hall–Kier alpha value is -1.36. The van der Waals surface area contributed by atoms with E-state index in [-0.39, 0.29) is 0 Å². The number of imidazole rings is 1. The van der Waals surface area contributed by atoms with Gasteiger partial charge in [0.1, 0.15) is 11.3 Å². The zero-order valence-corrected chi connectivity index (χ0v) is 12.4. The Kier molecular flexibility index (Phi) is 3.31. The molecule has 0 bridgehead atoms. The van der Waals surface area contributed by atoms with Crippen LogP contribution in [0.2, 0.25) is 5.02 Å². The lowest BCUT2D eigenvalue weighted by atomic mass is 10.2. The van der Waals surface area contributed by atoms with Gasteiger partial charge in [0.15, 0.2) is 0 Å². The van der Waals surface area contributed by atoms with Crippen LogP contribution in [0.3, 0.4) is 0 Å². The lowest BCUT2D eigenvalue weighted by Crippen LogP contribution is -2.13. The number of nitrogens with zero attached hydrogens (tertiary/aromatic N) is 3. The maximum atomic E-state index is 6.05. The monoisotopic (exact) mass is 291 g/mol. The van der Waals surface area contributed by atoms with E-state index in [9.17, 15) is 0 Å². The first-order chi connectivity index (χ1) is 9.15.